The number of nitrogens with one attached hydrogen (secondary N) is 1. The molecule has 1 saturated carbocycles. The van der Waals surface area contributed by atoms with Crippen molar-refractivity contribution in [1.82, 2.24) is 0 Å². The highest BCUT2D eigenvalue weighted by molar-refractivity contribution is 5.97. The molecule has 4 nitrogen and oxygen atoms in total. The van der Waals surface area contributed by atoms with E-state index >= 15 is 0 Å². The van der Waals surface area contributed by atoms with Crippen LogP contribution in [0.3, 0.4) is 0 Å². The normalized spacial score (nSPS) is 24.9. The Hall–Kier alpha value is -1.84. The van der Waals surface area contributed by atoms with Crippen LogP contribution in [-0.2, 0) is 4.79 Å². The van der Waals surface area contributed by atoms with E-state index < -0.39 is 5.97 Å². The zero-order chi connectivity index (χ0) is 14.2. The number of rotatable bonds is 4. The summed E-state index contributed by atoms with van der Waals surface area (Å²) in [7, 11) is 0. The number of anilines is 1. The molecular formula is C15H19NO3. The van der Waals surface area contributed by atoms with Gasteiger partial charge in [0.1, 0.15) is 0 Å². The molecule has 0 heterocycles. The first-order chi connectivity index (χ1) is 8.87. The molecule has 2 unspecified atom stereocenters. The lowest BCUT2D eigenvalue weighted by Crippen LogP contribution is -2.17. The number of carbonyl (C=O) groups excluding carboxylic acids is 1. The molecule has 0 aliphatic heterocycles. The zero-order valence-corrected chi connectivity index (χ0v) is 11.5. The Labute approximate surface area is 112 Å². The summed E-state index contributed by atoms with van der Waals surface area (Å²) < 4.78 is 0. The van der Waals surface area contributed by atoms with Gasteiger partial charge in [0, 0.05) is 11.6 Å². The van der Waals surface area contributed by atoms with Gasteiger partial charge in [-0.05, 0) is 42.9 Å². The van der Waals surface area contributed by atoms with Gasteiger partial charge in [0.2, 0.25) is 5.91 Å². The lowest BCUT2D eigenvalue weighted by atomic mass is 10.0. The van der Waals surface area contributed by atoms with E-state index in [0.29, 0.717) is 11.3 Å². The fraction of sp³-hybridized carbons (Fsp3) is 0.467. The second kappa shape index (κ2) is 4.68. The largest absolute Gasteiger partial charge is 0.478 e. The third-order valence-electron chi connectivity index (χ3n) is 4.21. The molecule has 1 amide bonds. The van der Waals surface area contributed by atoms with Crippen LogP contribution in [-0.4, -0.2) is 17.0 Å². The number of carboxylic acids is 1. The average molecular weight is 261 g/mol. The quantitative estimate of drug-likeness (QED) is 0.875. The molecule has 4 heteroatoms. The topological polar surface area (TPSA) is 66.4 Å². The first-order valence-corrected chi connectivity index (χ1v) is 6.52. The fourth-order valence-corrected chi connectivity index (χ4v) is 2.37. The molecular weight excluding hydrogens is 242 g/mol. The summed E-state index contributed by atoms with van der Waals surface area (Å²) in [4.78, 5) is 23.1. The van der Waals surface area contributed by atoms with Gasteiger partial charge in [-0.25, -0.2) is 4.79 Å². The number of hydrogen-bond acceptors (Lipinski definition) is 2. The number of amides is 1. The Balaban J connectivity index is 2.10. The molecule has 0 radical (unpaired) electrons. The summed E-state index contributed by atoms with van der Waals surface area (Å²) in [6.45, 7) is 5.93. The molecule has 1 aliphatic carbocycles. The van der Waals surface area contributed by atoms with Crippen LogP contribution in [0.25, 0.3) is 0 Å². The van der Waals surface area contributed by atoms with Crippen LogP contribution in [0, 0.1) is 18.3 Å². The second-order valence-corrected chi connectivity index (χ2v) is 5.59. The van der Waals surface area contributed by atoms with Crippen LogP contribution in [0.5, 0.6) is 0 Å². The van der Waals surface area contributed by atoms with Crippen LogP contribution < -0.4 is 5.32 Å². The molecule has 1 aromatic rings. The minimum Gasteiger partial charge on any atom is -0.478 e. The SMILES string of the molecule is CCC1(C)CC1C(=O)Nc1ccc(C)c(C(=O)O)c1. The maximum atomic E-state index is 12.1. The van der Waals surface area contributed by atoms with E-state index in [1.807, 2.05) is 0 Å². The van der Waals surface area contributed by atoms with Gasteiger partial charge in [0.25, 0.3) is 0 Å². The molecule has 0 spiro atoms. The lowest BCUT2D eigenvalue weighted by molar-refractivity contribution is -0.118. The predicted molar refractivity (Wildman–Crippen MR) is 73.3 cm³/mol. The first kappa shape index (κ1) is 13.6. The van der Waals surface area contributed by atoms with Crippen molar-refractivity contribution < 1.29 is 14.7 Å². The highest BCUT2D eigenvalue weighted by Crippen LogP contribution is 2.55. The number of carboxylic acid groups (broad SMARTS) is 1. The Morgan fingerprint density at radius 2 is 2.16 bits per heavy atom. The summed E-state index contributed by atoms with van der Waals surface area (Å²) in [5, 5.41) is 11.9. The van der Waals surface area contributed by atoms with Gasteiger partial charge < -0.3 is 10.4 Å². The molecule has 1 aliphatic rings. The van der Waals surface area contributed by atoms with Gasteiger partial charge in [-0.2, -0.15) is 0 Å². The molecule has 2 atom stereocenters. The Morgan fingerprint density at radius 3 is 2.68 bits per heavy atom. The van der Waals surface area contributed by atoms with E-state index in [1.54, 1.807) is 19.1 Å². The molecule has 0 bridgehead atoms. The van der Waals surface area contributed by atoms with E-state index in [1.165, 1.54) is 6.07 Å². The van der Waals surface area contributed by atoms with Crippen molar-refractivity contribution in [1.29, 1.82) is 0 Å². The molecule has 1 aromatic carbocycles. The summed E-state index contributed by atoms with van der Waals surface area (Å²) in [6.07, 6.45) is 1.90. The van der Waals surface area contributed by atoms with E-state index in [9.17, 15) is 9.59 Å². The van der Waals surface area contributed by atoms with Crippen molar-refractivity contribution in [3.05, 3.63) is 29.3 Å². The zero-order valence-electron chi connectivity index (χ0n) is 11.5. The monoisotopic (exact) mass is 261 g/mol. The number of benzene rings is 1. The van der Waals surface area contributed by atoms with Gasteiger partial charge in [-0.15, -0.1) is 0 Å². The standard InChI is InChI=1S/C15H19NO3/c1-4-15(3)8-12(15)13(17)16-10-6-5-9(2)11(7-10)14(18)19/h5-7,12H,4,8H2,1-3H3,(H,16,17)(H,18,19). The van der Waals surface area contributed by atoms with Crippen LogP contribution in [0.15, 0.2) is 18.2 Å². The molecule has 2 N–H and O–H groups in total. The minimum absolute atomic E-state index is 0.00968. The van der Waals surface area contributed by atoms with E-state index in [0.717, 1.165) is 12.8 Å². The molecule has 0 saturated heterocycles. The molecule has 1 fully saturated rings. The number of carbonyl (C=O) groups is 2. The maximum absolute atomic E-state index is 12.1. The van der Waals surface area contributed by atoms with Crippen molar-refractivity contribution in [2.75, 3.05) is 5.32 Å². The van der Waals surface area contributed by atoms with E-state index in [2.05, 4.69) is 19.2 Å². The Morgan fingerprint density at radius 1 is 1.47 bits per heavy atom. The fourth-order valence-electron chi connectivity index (χ4n) is 2.37. The highest BCUT2D eigenvalue weighted by atomic mass is 16.4. The number of hydrogen-bond donors (Lipinski definition) is 2. The van der Waals surface area contributed by atoms with Gasteiger partial charge in [-0.3, -0.25) is 4.79 Å². The maximum Gasteiger partial charge on any atom is 0.336 e. The molecule has 102 valence electrons. The molecule has 19 heavy (non-hydrogen) atoms. The third-order valence-corrected chi connectivity index (χ3v) is 4.21. The summed E-state index contributed by atoms with van der Waals surface area (Å²) in [6, 6.07) is 4.97. The number of aromatic carboxylic acids is 1. The molecule has 0 aromatic heterocycles. The van der Waals surface area contributed by atoms with Crippen LogP contribution in [0.1, 0.15) is 42.6 Å². The van der Waals surface area contributed by atoms with Crippen molar-refractivity contribution in [3.63, 3.8) is 0 Å². The number of aryl methyl sites for hydroxylation is 1. The van der Waals surface area contributed by atoms with Crippen LogP contribution in [0.2, 0.25) is 0 Å². The Kier molecular flexibility index (Phi) is 3.35. The third kappa shape index (κ3) is 2.62. The van der Waals surface area contributed by atoms with Crippen molar-refractivity contribution in [2.24, 2.45) is 11.3 Å². The predicted octanol–water partition coefficient (Wildman–Crippen LogP) is 3.07. The van der Waals surface area contributed by atoms with Crippen LogP contribution in [0.4, 0.5) is 5.69 Å². The Bertz CT molecular complexity index is 538. The highest BCUT2D eigenvalue weighted by Gasteiger charge is 2.52. The van der Waals surface area contributed by atoms with Crippen molar-refractivity contribution >= 4 is 17.6 Å². The lowest BCUT2D eigenvalue weighted by Gasteiger charge is -2.10. The minimum atomic E-state index is -0.974. The van der Waals surface area contributed by atoms with E-state index in [4.69, 9.17) is 5.11 Å². The van der Waals surface area contributed by atoms with Gasteiger partial charge in [0.15, 0.2) is 0 Å². The average Bonchev–Trinajstić information content (AvgIpc) is 3.05. The van der Waals surface area contributed by atoms with Crippen molar-refractivity contribution in [2.45, 2.75) is 33.6 Å². The smallest absolute Gasteiger partial charge is 0.336 e. The summed E-state index contributed by atoms with van der Waals surface area (Å²) >= 11 is 0. The summed E-state index contributed by atoms with van der Waals surface area (Å²) in [5.74, 6) is -0.935. The summed E-state index contributed by atoms with van der Waals surface area (Å²) in [5.41, 5.74) is 1.59. The van der Waals surface area contributed by atoms with Crippen molar-refractivity contribution in [3.8, 4) is 0 Å². The second-order valence-electron chi connectivity index (χ2n) is 5.59. The van der Waals surface area contributed by atoms with Gasteiger partial charge in [0.05, 0.1) is 5.56 Å². The first-order valence-electron chi connectivity index (χ1n) is 6.52. The van der Waals surface area contributed by atoms with Crippen LogP contribution >= 0.6 is 0 Å². The van der Waals surface area contributed by atoms with Gasteiger partial charge in [-0.1, -0.05) is 19.9 Å². The van der Waals surface area contributed by atoms with E-state index in [-0.39, 0.29) is 22.8 Å². The molecule has 2 rings (SSSR count). The van der Waals surface area contributed by atoms with Gasteiger partial charge >= 0.3 is 5.97 Å².